The van der Waals surface area contributed by atoms with Gasteiger partial charge in [-0.25, -0.2) is 4.68 Å². The van der Waals surface area contributed by atoms with Crippen molar-refractivity contribution < 1.29 is 0 Å². The Labute approximate surface area is 91.7 Å². The number of aryl methyl sites for hydroxylation is 1. The number of nitrogens with zero attached hydrogens (tertiary/aromatic N) is 2. The molecule has 0 saturated heterocycles. The Kier molecular flexibility index (Phi) is 3.77. The van der Waals surface area contributed by atoms with Crippen LogP contribution in [0.4, 0.5) is 0 Å². The Morgan fingerprint density at radius 3 is 2.07 bits per heavy atom. The normalized spacial score (nSPS) is 15.3. The van der Waals surface area contributed by atoms with Gasteiger partial charge in [-0.1, -0.05) is 13.8 Å². The van der Waals surface area contributed by atoms with Crippen LogP contribution in [0.3, 0.4) is 0 Å². The molecule has 3 nitrogen and oxygen atoms in total. The second kappa shape index (κ2) is 4.69. The smallest absolute Gasteiger partial charge is 0.267 e. The molecular weight excluding hydrogens is 188 g/mol. The van der Waals surface area contributed by atoms with E-state index in [-0.39, 0.29) is 11.6 Å². The molecule has 1 aromatic heterocycles. The van der Waals surface area contributed by atoms with Crippen LogP contribution in [0.15, 0.2) is 10.9 Å². The molecule has 1 aromatic rings. The zero-order valence-corrected chi connectivity index (χ0v) is 10.4. The summed E-state index contributed by atoms with van der Waals surface area (Å²) < 4.78 is 4.03. The van der Waals surface area contributed by atoms with Crippen molar-refractivity contribution >= 4 is 0 Å². The predicted molar refractivity (Wildman–Crippen MR) is 63.4 cm³/mol. The molecule has 0 aliphatic rings. The molecule has 0 aliphatic heterocycles. The Morgan fingerprint density at radius 1 is 1.13 bits per heavy atom. The van der Waals surface area contributed by atoms with Crippen molar-refractivity contribution in [2.24, 2.45) is 0 Å². The molecule has 0 amide bonds. The Hall–Kier alpha value is -0.990. The topological polar surface area (TPSA) is 26.9 Å². The van der Waals surface area contributed by atoms with Gasteiger partial charge in [0.05, 0.1) is 6.04 Å². The standard InChI is InChI=1S/C12H22N2O/c1-6-9(3)13-11(5)8-12(15)14(13)10(4)7-2/h8-10H,6-7H2,1-5H3/t9-,10-/m0/s1. The Morgan fingerprint density at radius 2 is 1.60 bits per heavy atom. The van der Waals surface area contributed by atoms with E-state index < -0.39 is 0 Å². The van der Waals surface area contributed by atoms with Gasteiger partial charge in [0.25, 0.3) is 5.56 Å². The van der Waals surface area contributed by atoms with Crippen LogP contribution in [0.1, 0.15) is 58.3 Å². The van der Waals surface area contributed by atoms with Crippen LogP contribution in [0, 0.1) is 6.92 Å². The highest BCUT2D eigenvalue weighted by molar-refractivity contribution is 5.01. The molecule has 0 spiro atoms. The highest BCUT2D eigenvalue weighted by atomic mass is 16.1. The zero-order valence-electron chi connectivity index (χ0n) is 10.4. The van der Waals surface area contributed by atoms with Gasteiger partial charge < -0.3 is 0 Å². The van der Waals surface area contributed by atoms with Gasteiger partial charge in [0.2, 0.25) is 0 Å². The minimum absolute atomic E-state index is 0.127. The van der Waals surface area contributed by atoms with Crippen molar-refractivity contribution in [2.45, 2.75) is 59.5 Å². The van der Waals surface area contributed by atoms with E-state index in [4.69, 9.17) is 0 Å². The monoisotopic (exact) mass is 210 g/mol. The van der Waals surface area contributed by atoms with Gasteiger partial charge in [-0.3, -0.25) is 9.48 Å². The quantitative estimate of drug-likeness (QED) is 0.750. The van der Waals surface area contributed by atoms with Crippen LogP contribution in [-0.4, -0.2) is 9.36 Å². The fourth-order valence-electron chi connectivity index (χ4n) is 1.92. The fourth-order valence-corrected chi connectivity index (χ4v) is 1.92. The summed E-state index contributed by atoms with van der Waals surface area (Å²) in [6, 6.07) is 2.40. The maximum atomic E-state index is 11.8. The third kappa shape index (κ3) is 2.16. The molecule has 0 radical (unpaired) electrons. The molecule has 15 heavy (non-hydrogen) atoms. The van der Waals surface area contributed by atoms with Crippen molar-refractivity contribution in [2.75, 3.05) is 0 Å². The van der Waals surface area contributed by atoms with Crippen LogP contribution in [-0.2, 0) is 0 Å². The van der Waals surface area contributed by atoms with Gasteiger partial charge in [-0.05, 0) is 33.6 Å². The van der Waals surface area contributed by atoms with Gasteiger partial charge >= 0.3 is 0 Å². The minimum Gasteiger partial charge on any atom is -0.284 e. The Bertz CT molecular complexity index is 375. The zero-order chi connectivity index (χ0) is 11.6. The lowest BCUT2D eigenvalue weighted by atomic mass is 10.2. The second-order valence-electron chi connectivity index (χ2n) is 4.33. The largest absolute Gasteiger partial charge is 0.284 e. The van der Waals surface area contributed by atoms with E-state index in [1.54, 1.807) is 6.07 Å². The average Bonchev–Trinajstić information content (AvgIpc) is 2.51. The summed E-state index contributed by atoms with van der Waals surface area (Å²) >= 11 is 0. The molecule has 0 bridgehead atoms. The van der Waals surface area contributed by atoms with Crippen LogP contribution in [0.2, 0.25) is 0 Å². The lowest BCUT2D eigenvalue weighted by Crippen LogP contribution is -2.27. The third-order valence-electron chi connectivity index (χ3n) is 3.17. The van der Waals surface area contributed by atoms with Gasteiger partial charge in [-0.15, -0.1) is 0 Å². The van der Waals surface area contributed by atoms with E-state index in [2.05, 4.69) is 32.4 Å². The van der Waals surface area contributed by atoms with Gasteiger partial charge in [0.15, 0.2) is 0 Å². The SMILES string of the molecule is CC[C@H](C)n1c(C)cc(=O)n1[C@@H](C)CC. The second-order valence-corrected chi connectivity index (χ2v) is 4.33. The van der Waals surface area contributed by atoms with Crippen LogP contribution in [0.5, 0.6) is 0 Å². The summed E-state index contributed by atoms with van der Waals surface area (Å²) in [4.78, 5) is 11.8. The summed E-state index contributed by atoms with van der Waals surface area (Å²) in [5.74, 6) is 0. The van der Waals surface area contributed by atoms with Crippen molar-refractivity contribution in [3.63, 3.8) is 0 Å². The maximum Gasteiger partial charge on any atom is 0.267 e. The first kappa shape index (κ1) is 12.1. The van der Waals surface area contributed by atoms with Crippen molar-refractivity contribution in [1.82, 2.24) is 9.36 Å². The molecule has 1 rings (SSSR count). The molecule has 2 atom stereocenters. The number of hydrogen-bond donors (Lipinski definition) is 0. The van der Waals surface area contributed by atoms with Crippen LogP contribution in [0.25, 0.3) is 0 Å². The third-order valence-corrected chi connectivity index (χ3v) is 3.17. The van der Waals surface area contributed by atoms with Crippen molar-refractivity contribution in [1.29, 1.82) is 0 Å². The lowest BCUT2D eigenvalue weighted by molar-refractivity contribution is 0.321. The highest BCUT2D eigenvalue weighted by Crippen LogP contribution is 2.16. The molecule has 0 aromatic carbocycles. The molecule has 0 aliphatic carbocycles. The van der Waals surface area contributed by atoms with Crippen molar-refractivity contribution in [3.05, 3.63) is 22.1 Å². The first-order chi connectivity index (χ1) is 7.02. The summed E-state index contributed by atoms with van der Waals surface area (Å²) in [7, 11) is 0. The van der Waals surface area contributed by atoms with Gasteiger partial charge in [0, 0.05) is 17.8 Å². The fraction of sp³-hybridized carbons (Fsp3) is 0.750. The van der Waals surface area contributed by atoms with E-state index in [1.807, 2.05) is 11.6 Å². The van der Waals surface area contributed by atoms with E-state index in [9.17, 15) is 4.79 Å². The summed E-state index contributed by atoms with van der Waals surface area (Å²) in [5.41, 5.74) is 1.19. The van der Waals surface area contributed by atoms with Gasteiger partial charge in [0.1, 0.15) is 0 Å². The summed E-state index contributed by atoms with van der Waals surface area (Å²) in [6.45, 7) is 10.5. The first-order valence-corrected chi connectivity index (χ1v) is 5.83. The molecule has 0 unspecified atom stereocenters. The minimum atomic E-state index is 0.127. The molecular formula is C12H22N2O. The molecule has 0 N–H and O–H groups in total. The summed E-state index contributed by atoms with van der Waals surface area (Å²) in [6.07, 6.45) is 2.03. The van der Waals surface area contributed by atoms with E-state index >= 15 is 0 Å². The Balaban J connectivity index is 3.29. The summed E-state index contributed by atoms with van der Waals surface area (Å²) in [5, 5.41) is 0. The number of hydrogen-bond acceptors (Lipinski definition) is 1. The molecule has 0 fully saturated rings. The lowest BCUT2D eigenvalue weighted by Gasteiger charge is -2.23. The number of aromatic nitrogens is 2. The molecule has 0 saturated carbocycles. The van der Waals surface area contributed by atoms with Gasteiger partial charge in [-0.2, -0.15) is 0 Å². The molecule has 3 heteroatoms. The van der Waals surface area contributed by atoms with Crippen molar-refractivity contribution in [3.8, 4) is 0 Å². The first-order valence-electron chi connectivity index (χ1n) is 5.83. The van der Waals surface area contributed by atoms with E-state index in [0.717, 1.165) is 18.5 Å². The number of rotatable bonds is 4. The predicted octanol–water partition coefficient (Wildman–Crippen LogP) is 2.90. The highest BCUT2D eigenvalue weighted by Gasteiger charge is 2.15. The van der Waals surface area contributed by atoms with E-state index in [1.165, 1.54) is 0 Å². The molecule has 86 valence electrons. The molecule has 1 heterocycles. The van der Waals surface area contributed by atoms with E-state index in [0.29, 0.717) is 6.04 Å². The van der Waals surface area contributed by atoms with Crippen LogP contribution >= 0.6 is 0 Å². The van der Waals surface area contributed by atoms with Crippen LogP contribution < -0.4 is 5.56 Å². The average molecular weight is 210 g/mol. The maximum absolute atomic E-state index is 11.8.